The summed E-state index contributed by atoms with van der Waals surface area (Å²) in [5.74, 6) is 1.29. The number of nitrogens with one attached hydrogen (secondary N) is 1. The fraction of sp³-hybridized carbons (Fsp3) is 0.364. The van der Waals surface area contributed by atoms with Crippen LogP contribution in [0.4, 0.5) is 10.8 Å². The summed E-state index contributed by atoms with van der Waals surface area (Å²) in [6.07, 6.45) is 1.77. The summed E-state index contributed by atoms with van der Waals surface area (Å²) in [5.41, 5.74) is 1.55. The number of piperidine rings is 1. The maximum atomic E-state index is 12.9. The van der Waals surface area contributed by atoms with Crippen LogP contribution >= 0.6 is 22.9 Å². The van der Waals surface area contributed by atoms with Crippen LogP contribution in [0.15, 0.2) is 36.4 Å². The molecule has 1 aromatic heterocycles. The molecule has 6 nitrogen and oxygen atoms in total. The number of anilines is 2. The number of carbonyl (C=O) groups is 1. The predicted molar refractivity (Wildman–Crippen MR) is 122 cm³/mol. The molecule has 0 radical (unpaired) electrons. The predicted octanol–water partition coefficient (Wildman–Crippen LogP) is 5.21. The molecule has 1 fully saturated rings. The van der Waals surface area contributed by atoms with Crippen LogP contribution in [0, 0.1) is 5.92 Å². The molecule has 0 bridgehead atoms. The minimum atomic E-state index is -0.131. The molecule has 2 heterocycles. The van der Waals surface area contributed by atoms with Gasteiger partial charge in [0.1, 0.15) is 11.5 Å². The molecule has 0 saturated carbocycles. The number of halogens is 1. The summed E-state index contributed by atoms with van der Waals surface area (Å²) in [6, 6.07) is 11.2. The molecule has 1 aliphatic heterocycles. The van der Waals surface area contributed by atoms with E-state index in [4.69, 9.17) is 26.1 Å². The average molecular weight is 446 g/mol. The van der Waals surface area contributed by atoms with Crippen LogP contribution in [0.3, 0.4) is 0 Å². The minimum Gasteiger partial charge on any atom is -0.495 e. The van der Waals surface area contributed by atoms with Crippen LogP contribution in [0.25, 0.3) is 10.2 Å². The first-order chi connectivity index (χ1) is 14.6. The summed E-state index contributed by atoms with van der Waals surface area (Å²) < 4.78 is 12.0. The molecule has 1 saturated heterocycles. The number of nitrogens with zero attached hydrogens (tertiary/aromatic N) is 2. The third kappa shape index (κ3) is 4.47. The van der Waals surface area contributed by atoms with Gasteiger partial charge >= 0.3 is 0 Å². The van der Waals surface area contributed by atoms with E-state index in [-0.39, 0.29) is 11.8 Å². The highest BCUT2D eigenvalue weighted by Crippen LogP contribution is 2.34. The fourth-order valence-corrected chi connectivity index (χ4v) is 4.86. The number of amides is 1. The summed E-state index contributed by atoms with van der Waals surface area (Å²) in [4.78, 5) is 19.9. The van der Waals surface area contributed by atoms with Gasteiger partial charge in [0.25, 0.3) is 0 Å². The largest absolute Gasteiger partial charge is 0.495 e. The number of benzene rings is 2. The Morgan fingerprint density at radius 2 is 2.20 bits per heavy atom. The van der Waals surface area contributed by atoms with Crippen molar-refractivity contribution >= 4 is 49.9 Å². The Bertz CT molecular complexity index is 1060. The van der Waals surface area contributed by atoms with Crippen molar-refractivity contribution in [2.24, 2.45) is 5.92 Å². The highest BCUT2D eigenvalue weighted by Gasteiger charge is 2.28. The number of hydrogen-bond acceptors (Lipinski definition) is 6. The lowest BCUT2D eigenvalue weighted by Crippen LogP contribution is -2.40. The van der Waals surface area contributed by atoms with Crippen LogP contribution in [0.1, 0.15) is 19.8 Å². The van der Waals surface area contributed by atoms with Gasteiger partial charge in [0, 0.05) is 18.1 Å². The number of methoxy groups -OCH3 is 1. The van der Waals surface area contributed by atoms with Gasteiger partial charge in [-0.1, -0.05) is 22.9 Å². The average Bonchev–Trinajstić information content (AvgIpc) is 3.18. The lowest BCUT2D eigenvalue weighted by atomic mass is 9.97. The van der Waals surface area contributed by atoms with Gasteiger partial charge in [-0.05, 0) is 56.2 Å². The van der Waals surface area contributed by atoms with E-state index in [2.05, 4.69) is 10.2 Å². The highest BCUT2D eigenvalue weighted by molar-refractivity contribution is 7.22. The van der Waals surface area contributed by atoms with Crippen molar-refractivity contribution in [2.45, 2.75) is 19.8 Å². The van der Waals surface area contributed by atoms with E-state index in [0.717, 1.165) is 40.5 Å². The van der Waals surface area contributed by atoms with Crippen molar-refractivity contribution in [2.75, 3.05) is 37.0 Å². The molecule has 4 rings (SSSR count). The number of aromatic nitrogens is 1. The van der Waals surface area contributed by atoms with Gasteiger partial charge in [0.15, 0.2) is 5.13 Å². The van der Waals surface area contributed by atoms with Crippen LogP contribution in [-0.2, 0) is 4.79 Å². The molecule has 1 amide bonds. The van der Waals surface area contributed by atoms with E-state index in [0.29, 0.717) is 29.6 Å². The normalized spacial score (nSPS) is 16.5. The molecule has 158 valence electrons. The zero-order valence-electron chi connectivity index (χ0n) is 17.0. The van der Waals surface area contributed by atoms with Crippen molar-refractivity contribution in [1.82, 2.24) is 4.98 Å². The summed E-state index contributed by atoms with van der Waals surface area (Å²) in [6.45, 7) is 4.13. The molecule has 2 aromatic carbocycles. The standard InChI is InChI=1S/C22H24ClN3O3S/c1-3-29-16-7-8-17-20(12-16)30-22(25-17)26-10-4-5-14(13-26)21(27)24-18-11-15(23)6-9-19(18)28-2/h6-9,11-12,14H,3-5,10,13H2,1-2H3,(H,24,27)/t14-/m0/s1. The van der Waals surface area contributed by atoms with Crippen LogP contribution < -0.4 is 19.7 Å². The maximum Gasteiger partial charge on any atom is 0.229 e. The second-order valence-electron chi connectivity index (χ2n) is 7.18. The molecule has 3 aromatic rings. The van der Waals surface area contributed by atoms with Crippen molar-refractivity contribution in [3.8, 4) is 11.5 Å². The number of fused-ring (bicyclic) bond motifs is 1. The van der Waals surface area contributed by atoms with Gasteiger partial charge < -0.3 is 19.7 Å². The lowest BCUT2D eigenvalue weighted by Gasteiger charge is -2.31. The van der Waals surface area contributed by atoms with Gasteiger partial charge in [-0.3, -0.25) is 4.79 Å². The van der Waals surface area contributed by atoms with Crippen molar-refractivity contribution < 1.29 is 14.3 Å². The third-order valence-corrected chi connectivity index (χ3v) is 6.46. The van der Waals surface area contributed by atoms with Crippen LogP contribution in [-0.4, -0.2) is 37.7 Å². The number of ether oxygens (including phenoxy) is 2. The molecule has 0 aliphatic carbocycles. The first kappa shape index (κ1) is 20.8. The molecular weight excluding hydrogens is 422 g/mol. The van der Waals surface area contributed by atoms with Gasteiger partial charge in [0.05, 0.1) is 35.5 Å². The maximum absolute atomic E-state index is 12.9. The third-order valence-electron chi connectivity index (χ3n) is 5.14. The van der Waals surface area contributed by atoms with Crippen LogP contribution in [0.2, 0.25) is 5.02 Å². The zero-order valence-corrected chi connectivity index (χ0v) is 18.6. The van der Waals surface area contributed by atoms with E-state index in [1.165, 1.54) is 0 Å². The molecular formula is C22H24ClN3O3S. The van der Waals surface area contributed by atoms with E-state index in [1.54, 1.807) is 36.6 Å². The molecule has 0 spiro atoms. The number of thiazole rings is 1. The zero-order chi connectivity index (χ0) is 21.1. The molecule has 1 atom stereocenters. The van der Waals surface area contributed by atoms with E-state index >= 15 is 0 Å². The number of hydrogen-bond donors (Lipinski definition) is 1. The van der Waals surface area contributed by atoms with E-state index < -0.39 is 0 Å². The fourth-order valence-electron chi connectivity index (χ4n) is 3.66. The monoisotopic (exact) mass is 445 g/mol. The quantitative estimate of drug-likeness (QED) is 0.564. The van der Waals surface area contributed by atoms with Crippen molar-refractivity contribution in [3.05, 3.63) is 41.4 Å². The summed E-state index contributed by atoms with van der Waals surface area (Å²) >= 11 is 7.72. The van der Waals surface area contributed by atoms with Crippen molar-refractivity contribution in [1.29, 1.82) is 0 Å². The van der Waals surface area contributed by atoms with Gasteiger partial charge in [-0.15, -0.1) is 0 Å². The smallest absolute Gasteiger partial charge is 0.229 e. The first-order valence-corrected chi connectivity index (χ1v) is 11.2. The Labute approximate surface area is 184 Å². The molecule has 1 N–H and O–H groups in total. The number of carbonyl (C=O) groups excluding carboxylic acids is 1. The SMILES string of the molecule is CCOc1ccc2nc(N3CCC[C@H](C(=O)Nc4cc(Cl)ccc4OC)C3)sc2c1. The molecule has 1 aliphatic rings. The van der Waals surface area contributed by atoms with Crippen LogP contribution in [0.5, 0.6) is 11.5 Å². The second-order valence-corrected chi connectivity index (χ2v) is 8.62. The topological polar surface area (TPSA) is 63.7 Å². The number of rotatable bonds is 6. The minimum absolute atomic E-state index is 0.0278. The Kier molecular flexibility index (Phi) is 6.29. The second kappa shape index (κ2) is 9.10. The van der Waals surface area contributed by atoms with Crippen molar-refractivity contribution in [3.63, 3.8) is 0 Å². The van der Waals surface area contributed by atoms with Gasteiger partial charge in [-0.2, -0.15) is 0 Å². The highest BCUT2D eigenvalue weighted by atomic mass is 35.5. The molecule has 30 heavy (non-hydrogen) atoms. The first-order valence-electron chi connectivity index (χ1n) is 10.00. The Morgan fingerprint density at radius 1 is 1.33 bits per heavy atom. The van der Waals surface area contributed by atoms with E-state index in [1.807, 2.05) is 25.1 Å². The van der Waals surface area contributed by atoms with Gasteiger partial charge in [-0.25, -0.2) is 4.98 Å². The van der Waals surface area contributed by atoms with E-state index in [9.17, 15) is 4.79 Å². The lowest BCUT2D eigenvalue weighted by molar-refractivity contribution is -0.120. The Morgan fingerprint density at radius 3 is 3.00 bits per heavy atom. The van der Waals surface area contributed by atoms with Gasteiger partial charge in [0.2, 0.25) is 5.91 Å². The Balaban J connectivity index is 1.48. The Hall–Kier alpha value is -2.51. The summed E-state index contributed by atoms with van der Waals surface area (Å²) in [5, 5.41) is 4.48. The molecule has 0 unspecified atom stereocenters. The molecule has 8 heteroatoms. The summed E-state index contributed by atoms with van der Waals surface area (Å²) in [7, 11) is 1.57.